The van der Waals surface area contributed by atoms with Crippen LogP contribution in [0.1, 0.15) is 23.4 Å². The van der Waals surface area contributed by atoms with Gasteiger partial charge in [-0.15, -0.1) is 11.3 Å². The number of nitrogens with one attached hydrogen (secondary N) is 1. The molecule has 0 radical (unpaired) electrons. The molecule has 1 heterocycles. The van der Waals surface area contributed by atoms with Crippen molar-refractivity contribution in [2.45, 2.75) is 19.5 Å². The van der Waals surface area contributed by atoms with Crippen LogP contribution in [0.4, 0.5) is 13.2 Å². The quantitative estimate of drug-likeness (QED) is 0.828. The van der Waals surface area contributed by atoms with Gasteiger partial charge < -0.3 is 5.32 Å². The van der Waals surface area contributed by atoms with Gasteiger partial charge in [-0.3, -0.25) is 0 Å². The summed E-state index contributed by atoms with van der Waals surface area (Å²) in [4.78, 5) is 1.11. The number of hydrogen-bond acceptors (Lipinski definition) is 2. The first-order chi connectivity index (χ1) is 8.58. The fourth-order valence-corrected chi connectivity index (χ4v) is 2.36. The van der Waals surface area contributed by atoms with Crippen LogP contribution in [0, 0.1) is 17.5 Å². The summed E-state index contributed by atoms with van der Waals surface area (Å²) in [5.74, 6) is -2.93. The van der Waals surface area contributed by atoms with Crippen molar-refractivity contribution in [3.8, 4) is 0 Å². The topological polar surface area (TPSA) is 12.0 Å². The van der Waals surface area contributed by atoms with Gasteiger partial charge in [-0.1, -0.05) is 6.07 Å². The third-order valence-electron chi connectivity index (χ3n) is 2.66. The van der Waals surface area contributed by atoms with E-state index in [1.54, 1.807) is 11.3 Å². The summed E-state index contributed by atoms with van der Waals surface area (Å²) >= 11 is 1.59. The zero-order valence-corrected chi connectivity index (χ0v) is 10.5. The van der Waals surface area contributed by atoms with Crippen LogP contribution in [0.2, 0.25) is 0 Å². The first kappa shape index (κ1) is 13.1. The normalized spacial score (nSPS) is 12.7. The van der Waals surface area contributed by atoms with Crippen molar-refractivity contribution >= 4 is 11.3 Å². The summed E-state index contributed by atoms with van der Waals surface area (Å²) in [6, 6.07) is 5.39. The Kier molecular flexibility index (Phi) is 4.04. The summed E-state index contributed by atoms with van der Waals surface area (Å²) in [5.41, 5.74) is 0.123. The molecule has 1 atom stereocenters. The molecule has 1 aromatic heterocycles. The Morgan fingerprint density at radius 3 is 2.56 bits per heavy atom. The number of benzene rings is 1. The molecule has 0 aliphatic rings. The van der Waals surface area contributed by atoms with Crippen LogP contribution in [0.5, 0.6) is 0 Å². The molecule has 0 bridgehead atoms. The SMILES string of the molecule is CC(NCc1cc(F)c(F)cc1F)c1cccs1. The lowest BCUT2D eigenvalue weighted by Crippen LogP contribution is -2.18. The third kappa shape index (κ3) is 2.91. The van der Waals surface area contributed by atoms with Gasteiger partial charge in [0.25, 0.3) is 0 Å². The van der Waals surface area contributed by atoms with Gasteiger partial charge in [-0.25, -0.2) is 13.2 Å². The van der Waals surface area contributed by atoms with E-state index in [2.05, 4.69) is 5.32 Å². The van der Waals surface area contributed by atoms with Gasteiger partial charge in [0.05, 0.1) is 0 Å². The van der Waals surface area contributed by atoms with Gasteiger partial charge >= 0.3 is 0 Å². The first-order valence-electron chi connectivity index (χ1n) is 5.48. The summed E-state index contributed by atoms with van der Waals surface area (Å²) < 4.78 is 39.1. The Hall–Kier alpha value is -1.33. The molecule has 5 heteroatoms. The lowest BCUT2D eigenvalue weighted by Gasteiger charge is -2.12. The second kappa shape index (κ2) is 5.54. The van der Waals surface area contributed by atoms with E-state index < -0.39 is 17.5 Å². The van der Waals surface area contributed by atoms with E-state index >= 15 is 0 Å². The van der Waals surface area contributed by atoms with E-state index in [-0.39, 0.29) is 18.2 Å². The highest BCUT2D eigenvalue weighted by Crippen LogP contribution is 2.19. The van der Waals surface area contributed by atoms with Gasteiger partial charge in [0.2, 0.25) is 0 Å². The number of hydrogen-bond donors (Lipinski definition) is 1. The highest BCUT2D eigenvalue weighted by molar-refractivity contribution is 7.10. The van der Waals surface area contributed by atoms with Crippen LogP contribution in [-0.2, 0) is 6.54 Å². The van der Waals surface area contributed by atoms with Gasteiger partial charge in [-0.2, -0.15) is 0 Å². The summed E-state index contributed by atoms with van der Waals surface area (Å²) in [6.07, 6.45) is 0. The largest absolute Gasteiger partial charge is 0.305 e. The molecule has 1 aromatic carbocycles. The van der Waals surface area contributed by atoms with Gasteiger partial charge in [0, 0.05) is 29.1 Å². The molecule has 0 spiro atoms. The summed E-state index contributed by atoms with van der Waals surface area (Å²) in [5, 5.41) is 5.02. The molecule has 2 rings (SSSR count). The highest BCUT2D eigenvalue weighted by Gasteiger charge is 2.11. The first-order valence-corrected chi connectivity index (χ1v) is 6.36. The molecule has 2 aromatic rings. The van der Waals surface area contributed by atoms with Crippen LogP contribution >= 0.6 is 11.3 Å². The van der Waals surface area contributed by atoms with Gasteiger partial charge in [0.15, 0.2) is 11.6 Å². The number of thiophene rings is 1. The second-order valence-electron chi connectivity index (χ2n) is 3.98. The van der Waals surface area contributed by atoms with Gasteiger partial charge in [0.1, 0.15) is 5.82 Å². The van der Waals surface area contributed by atoms with Gasteiger partial charge in [-0.05, 0) is 24.4 Å². The fourth-order valence-electron chi connectivity index (χ4n) is 1.60. The van der Waals surface area contributed by atoms with Crippen LogP contribution in [0.3, 0.4) is 0 Å². The molecule has 0 saturated carbocycles. The lowest BCUT2D eigenvalue weighted by molar-refractivity contribution is 0.482. The Bertz CT molecular complexity index is 525. The highest BCUT2D eigenvalue weighted by atomic mass is 32.1. The Morgan fingerprint density at radius 1 is 1.17 bits per heavy atom. The predicted octanol–water partition coefficient (Wildman–Crippen LogP) is 4.02. The Balaban J connectivity index is 2.04. The molecule has 0 aliphatic heterocycles. The molecule has 96 valence electrons. The maximum atomic E-state index is 13.4. The molecular weight excluding hydrogens is 259 g/mol. The van der Waals surface area contributed by atoms with Crippen LogP contribution in [-0.4, -0.2) is 0 Å². The van der Waals surface area contributed by atoms with E-state index in [0.717, 1.165) is 10.9 Å². The third-order valence-corrected chi connectivity index (χ3v) is 3.71. The fraction of sp³-hybridized carbons (Fsp3) is 0.231. The maximum absolute atomic E-state index is 13.4. The van der Waals surface area contributed by atoms with Crippen molar-refractivity contribution in [2.75, 3.05) is 0 Å². The van der Waals surface area contributed by atoms with Crippen LogP contribution in [0.25, 0.3) is 0 Å². The summed E-state index contributed by atoms with van der Waals surface area (Å²) in [6.45, 7) is 2.09. The van der Waals surface area contributed by atoms with Crippen molar-refractivity contribution in [3.05, 3.63) is 57.5 Å². The minimum atomic E-state index is -1.16. The molecule has 1 unspecified atom stereocenters. The van der Waals surface area contributed by atoms with E-state index in [0.29, 0.717) is 6.07 Å². The van der Waals surface area contributed by atoms with Crippen molar-refractivity contribution in [1.82, 2.24) is 5.32 Å². The smallest absolute Gasteiger partial charge is 0.161 e. The molecule has 1 N–H and O–H groups in total. The monoisotopic (exact) mass is 271 g/mol. The molecular formula is C13H12F3NS. The zero-order chi connectivity index (χ0) is 13.1. The summed E-state index contributed by atoms with van der Waals surface area (Å²) in [7, 11) is 0. The molecule has 0 aliphatic carbocycles. The minimum absolute atomic E-state index is 0.0394. The maximum Gasteiger partial charge on any atom is 0.161 e. The van der Waals surface area contributed by atoms with Crippen molar-refractivity contribution < 1.29 is 13.2 Å². The van der Waals surface area contributed by atoms with E-state index in [1.807, 2.05) is 24.4 Å². The average Bonchev–Trinajstić information content (AvgIpc) is 2.85. The van der Waals surface area contributed by atoms with Crippen molar-refractivity contribution in [1.29, 1.82) is 0 Å². The minimum Gasteiger partial charge on any atom is -0.305 e. The van der Waals surface area contributed by atoms with Crippen LogP contribution in [0.15, 0.2) is 29.6 Å². The predicted molar refractivity (Wildman–Crippen MR) is 65.9 cm³/mol. The molecule has 1 nitrogen and oxygen atoms in total. The van der Waals surface area contributed by atoms with E-state index in [9.17, 15) is 13.2 Å². The molecule has 18 heavy (non-hydrogen) atoms. The number of halogens is 3. The van der Waals surface area contributed by atoms with E-state index in [4.69, 9.17) is 0 Å². The second-order valence-corrected chi connectivity index (χ2v) is 4.96. The van der Waals surface area contributed by atoms with Crippen molar-refractivity contribution in [3.63, 3.8) is 0 Å². The standard InChI is InChI=1S/C13H12F3NS/c1-8(13-3-2-4-18-13)17-7-9-5-11(15)12(16)6-10(9)14/h2-6,8,17H,7H2,1H3. The lowest BCUT2D eigenvalue weighted by atomic mass is 10.2. The molecule has 0 amide bonds. The Morgan fingerprint density at radius 2 is 1.89 bits per heavy atom. The average molecular weight is 271 g/mol. The van der Waals surface area contributed by atoms with E-state index in [1.165, 1.54) is 0 Å². The zero-order valence-electron chi connectivity index (χ0n) is 9.71. The number of rotatable bonds is 4. The Labute approximate surface area is 107 Å². The van der Waals surface area contributed by atoms with Crippen LogP contribution < -0.4 is 5.32 Å². The van der Waals surface area contributed by atoms with Crippen molar-refractivity contribution in [2.24, 2.45) is 0 Å². The molecule has 0 saturated heterocycles. The molecule has 0 fully saturated rings.